The number of hydrogen-bond acceptors (Lipinski definition) is 5. The maximum Gasteiger partial charge on any atom is 0.286 e. The molecular formula is C7H4ClN3O4. The van der Waals surface area contributed by atoms with Crippen molar-refractivity contribution < 1.29 is 9.85 Å². The van der Waals surface area contributed by atoms with Gasteiger partial charge in [0.1, 0.15) is 5.17 Å². The van der Waals surface area contributed by atoms with Gasteiger partial charge < -0.3 is 0 Å². The highest BCUT2D eigenvalue weighted by atomic mass is 35.5. The van der Waals surface area contributed by atoms with E-state index in [2.05, 4.69) is 0 Å². The van der Waals surface area contributed by atoms with Gasteiger partial charge in [0.05, 0.1) is 21.5 Å². The Kier molecular flexibility index (Phi) is 2.96. The Labute approximate surface area is 88.1 Å². The molecule has 0 radical (unpaired) electrons. The summed E-state index contributed by atoms with van der Waals surface area (Å²) in [5.74, 6) is 0. The zero-order valence-electron chi connectivity index (χ0n) is 7.14. The molecule has 0 atom stereocenters. The van der Waals surface area contributed by atoms with Crippen LogP contribution < -0.4 is 0 Å². The van der Waals surface area contributed by atoms with Gasteiger partial charge in [-0.3, -0.25) is 25.6 Å². The third-order valence-corrected chi connectivity index (χ3v) is 1.83. The molecular weight excluding hydrogens is 226 g/mol. The monoisotopic (exact) mass is 229 g/mol. The van der Waals surface area contributed by atoms with Crippen LogP contribution in [0.15, 0.2) is 18.2 Å². The fourth-order valence-electron chi connectivity index (χ4n) is 0.970. The Morgan fingerprint density at radius 1 is 1.27 bits per heavy atom. The molecule has 0 amide bonds. The SMILES string of the molecule is N=C(Cl)c1ccc([N+](=O)[O-])cc1[N+](=O)[O-]. The van der Waals surface area contributed by atoms with Crippen molar-refractivity contribution in [2.75, 3.05) is 0 Å². The highest BCUT2D eigenvalue weighted by molar-refractivity contribution is 6.69. The predicted octanol–water partition coefficient (Wildman–Crippen LogP) is 2.07. The highest BCUT2D eigenvalue weighted by Crippen LogP contribution is 2.25. The Morgan fingerprint density at radius 2 is 1.87 bits per heavy atom. The first-order valence-corrected chi connectivity index (χ1v) is 3.98. The largest absolute Gasteiger partial charge is 0.289 e. The second-order valence-electron chi connectivity index (χ2n) is 2.53. The van der Waals surface area contributed by atoms with Crippen LogP contribution in [0.3, 0.4) is 0 Å². The minimum Gasteiger partial charge on any atom is -0.289 e. The molecule has 0 fully saturated rings. The lowest BCUT2D eigenvalue weighted by molar-refractivity contribution is -0.394. The molecule has 78 valence electrons. The van der Waals surface area contributed by atoms with Crippen molar-refractivity contribution in [2.24, 2.45) is 0 Å². The topological polar surface area (TPSA) is 110 Å². The Morgan fingerprint density at radius 3 is 2.27 bits per heavy atom. The van der Waals surface area contributed by atoms with E-state index in [0.29, 0.717) is 0 Å². The molecule has 0 saturated carbocycles. The minimum atomic E-state index is -0.820. The van der Waals surface area contributed by atoms with Gasteiger partial charge in [-0.2, -0.15) is 0 Å². The van der Waals surface area contributed by atoms with Gasteiger partial charge in [-0.25, -0.2) is 0 Å². The summed E-state index contributed by atoms with van der Waals surface area (Å²) in [5, 5.41) is 27.4. The molecule has 0 bridgehead atoms. The van der Waals surface area contributed by atoms with Crippen LogP contribution in [0.5, 0.6) is 0 Å². The van der Waals surface area contributed by atoms with Gasteiger partial charge in [0.25, 0.3) is 11.4 Å². The molecule has 0 aliphatic rings. The quantitative estimate of drug-likeness (QED) is 0.486. The molecule has 0 aliphatic heterocycles. The number of nitro benzene ring substituents is 2. The van der Waals surface area contributed by atoms with Gasteiger partial charge >= 0.3 is 0 Å². The van der Waals surface area contributed by atoms with E-state index >= 15 is 0 Å². The second kappa shape index (κ2) is 4.01. The standard InChI is InChI=1S/C7H4ClN3O4/c8-7(9)5-2-1-4(10(12)13)3-6(5)11(14)15/h1-3,9H. The van der Waals surface area contributed by atoms with Crippen LogP contribution in [0, 0.1) is 25.6 Å². The summed E-state index contributed by atoms with van der Waals surface area (Å²) < 4.78 is 0. The van der Waals surface area contributed by atoms with Crippen LogP contribution >= 0.6 is 11.6 Å². The van der Waals surface area contributed by atoms with Gasteiger partial charge in [-0.05, 0) is 6.07 Å². The first-order chi connectivity index (χ1) is 6.93. The van der Waals surface area contributed by atoms with Crippen LogP contribution in [0.25, 0.3) is 0 Å². The van der Waals surface area contributed by atoms with E-state index in [4.69, 9.17) is 17.0 Å². The number of nitro groups is 2. The summed E-state index contributed by atoms with van der Waals surface area (Å²) in [6, 6.07) is 2.90. The molecule has 1 N–H and O–H groups in total. The van der Waals surface area contributed by atoms with Crippen LogP contribution in [0.2, 0.25) is 0 Å². The fraction of sp³-hybridized carbons (Fsp3) is 0. The van der Waals surface area contributed by atoms with Gasteiger partial charge in [-0.15, -0.1) is 0 Å². The average molecular weight is 230 g/mol. The summed E-state index contributed by atoms with van der Waals surface area (Å²) in [5.41, 5.74) is -1.11. The Hall–Kier alpha value is -2.02. The van der Waals surface area contributed by atoms with Crippen LogP contribution in [0.1, 0.15) is 5.56 Å². The molecule has 1 aromatic rings. The zero-order valence-corrected chi connectivity index (χ0v) is 7.89. The summed E-state index contributed by atoms with van der Waals surface area (Å²) in [7, 11) is 0. The van der Waals surface area contributed by atoms with Gasteiger partial charge in [0, 0.05) is 6.07 Å². The molecule has 0 aromatic heterocycles. The lowest BCUT2D eigenvalue weighted by Gasteiger charge is -1.98. The number of rotatable bonds is 3. The van der Waals surface area contributed by atoms with E-state index in [9.17, 15) is 20.2 Å². The third-order valence-electron chi connectivity index (χ3n) is 1.63. The zero-order chi connectivity index (χ0) is 11.6. The number of benzene rings is 1. The Balaban J connectivity index is 3.40. The molecule has 1 aromatic carbocycles. The van der Waals surface area contributed by atoms with E-state index in [1.54, 1.807) is 0 Å². The van der Waals surface area contributed by atoms with Crippen molar-refractivity contribution in [1.82, 2.24) is 0 Å². The minimum absolute atomic E-state index is 0.146. The number of non-ortho nitro benzene ring substituents is 1. The van der Waals surface area contributed by atoms with E-state index < -0.39 is 26.4 Å². The molecule has 0 saturated heterocycles. The molecule has 15 heavy (non-hydrogen) atoms. The van der Waals surface area contributed by atoms with Crippen LogP contribution in [-0.4, -0.2) is 15.0 Å². The van der Waals surface area contributed by atoms with Crippen molar-refractivity contribution in [2.45, 2.75) is 0 Å². The van der Waals surface area contributed by atoms with Crippen molar-refractivity contribution in [3.8, 4) is 0 Å². The van der Waals surface area contributed by atoms with Gasteiger partial charge in [-0.1, -0.05) is 11.6 Å². The maximum absolute atomic E-state index is 10.5. The first-order valence-electron chi connectivity index (χ1n) is 3.60. The summed E-state index contributed by atoms with van der Waals surface area (Å²) in [6.45, 7) is 0. The number of halogens is 1. The number of hydrogen-bond donors (Lipinski definition) is 1. The van der Waals surface area contributed by atoms with Crippen LogP contribution in [0.4, 0.5) is 11.4 Å². The average Bonchev–Trinajstić information content (AvgIpc) is 2.16. The lowest BCUT2D eigenvalue weighted by atomic mass is 10.2. The summed E-state index contributed by atoms with van der Waals surface area (Å²) in [6.07, 6.45) is 0. The third kappa shape index (κ3) is 2.26. The van der Waals surface area contributed by atoms with E-state index in [-0.39, 0.29) is 5.56 Å². The highest BCUT2D eigenvalue weighted by Gasteiger charge is 2.20. The molecule has 8 heteroatoms. The van der Waals surface area contributed by atoms with Crippen molar-refractivity contribution in [1.29, 1.82) is 5.41 Å². The fourth-order valence-corrected chi connectivity index (χ4v) is 1.13. The molecule has 1 rings (SSSR count). The molecule has 0 unspecified atom stereocenters. The van der Waals surface area contributed by atoms with E-state index in [1.807, 2.05) is 0 Å². The smallest absolute Gasteiger partial charge is 0.286 e. The predicted molar refractivity (Wildman–Crippen MR) is 52.4 cm³/mol. The number of nitrogens with zero attached hydrogens (tertiary/aromatic N) is 2. The van der Waals surface area contributed by atoms with Crippen LogP contribution in [-0.2, 0) is 0 Å². The van der Waals surface area contributed by atoms with Crippen molar-refractivity contribution in [3.63, 3.8) is 0 Å². The van der Waals surface area contributed by atoms with Crippen molar-refractivity contribution >= 4 is 28.1 Å². The Bertz CT molecular complexity index is 460. The first kappa shape index (κ1) is 11.1. The molecule has 0 aliphatic carbocycles. The lowest BCUT2D eigenvalue weighted by Crippen LogP contribution is -1.99. The van der Waals surface area contributed by atoms with Gasteiger partial charge in [0.15, 0.2) is 0 Å². The van der Waals surface area contributed by atoms with Crippen molar-refractivity contribution in [3.05, 3.63) is 44.0 Å². The van der Waals surface area contributed by atoms with Gasteiger partial charge in [0.2, 0.25) is 0 Å². The summed E-state index contributed by atoms with van der Waals surface area (Å²) >= 11 is 5.29. The second-order valence-corrected chi connectivity index (χ2v) is 2.91. The summed E-state index contributed by atoms with van der Waals surface area (Å²) in [4.78, 5) is 19.3. The molecule has 7 nitrogen and oxygen atoms in total. The van der Waals surface area contributed by atoms with E-state index in [0.717, 1.165) is 18.2 Å². The van der Waals surface area contributed by atoms with E-state index in [1.165, 1.54) is 0 Å². The molecule has 0 spiro atoms. The normalized spacial score (nSPS) is 9.67. The number of nitrogens with one attached hydrogen (secondary N) is 1. The molecule has 0 heterocycles. The maximum atomic E-state index is 10.5.